The highest BCUT2D eigenvalue weighted by Gasteiger charge is 2.09. The van der Waals surface area contributed by atoms with Gasteiger partial charge in [-0.1, -0.05) is 18.0 Å². The zero-order valence-electron chi connectivity index (χ0n) is 12.5. The van der Waals surface area contributed by atoms with E-state index < -0.39 is 0 Å². The lowest BCUT2D eigenvalue weighted by Gasteiger charge is -2.02. The third-order valence-corrected chi connectivity index (χ3v) is 3.20. The summed E-state index contributed by atoms with van der Waals surface area (Å²) < 4.78 is 5.12. The molecule has 0 aromatic carbocycles. The van der Waals surface area contributed by atoms with Crippen LogP contribution in [-0.2, 0) is 11.3 Å². The largest absolute Gasteiger partial charge is 0.347 e. The van der Waals surface area contributed by atoms with Crippen LogP contribution in [-0.4, -0.2) is 27.6 Å². The molecule has 0 spiro atoms. The van der Waals surface area contributed by atoms with Crippen LogP contribution in [0.3, 0.4) is 0 Å². The number of unbranched alkanes of at least 4 members (excludes halogenated alkanes) is 3. The Labute approximate surface area is 129 Å². The van der Waals surface area contributed by atoms with Crippen LogP contribution in [0.2, 0.25) is 0 Å². The second kappa shape index (κ2) is 8.89. The number of nitrogens with two attached hydrogens (primary N) is 1. The zero-order chi connectivity index (χ0) is 15.6. The fourth-order valence-electron chi connectivity index (χ4n) is 1.99. The lowest BCUT2D eigenvalue weighted by atomic mass is 10.1. The molecule has 0 fully saturated rings. The highest BCUT2D eigenvalue weighted by atomic mass is 16.5. The van der Waals surface area contributed by atoms with Crippen LogP contribution < -0.4 is 11.1 Å². The summed E-state index contributed by atoms with van der Waals surface area (Å²) in [4.78, 5) is 19.9. The summed E-state index contributed by atoms with van der Waals surface area (Å²) >= 11 is 0. The van der Waals surface area contributed by atoms with Crippen molar-refractivity contribution < 1.29 is 9.32 Å². The van der Waals surface area contributed by atoms with Crippen LogP contribution in [0.4, 0.5) is 0 Å². The Bertz CT molecular complexity index is 570. The Kier molecular flexibility index (Phi) is 6.50. The third-order valence-electron chi connectivity index (χ3n) is 3.20. The van der Waals surface area contributed by atoms with Gasteiger partial charge in [-0.25, -0.2) is 0 Å². The molecular formula is C15H21N5O2. The number of rotatable bonds is 9. The van der Waals surface area contributed by atoms with Crippen molar-refractivity contribution in [3.8, 4) is 11.4 Å². The highest BCUT2D eigenvalue weighted by molar-refractivity contribution is 5.75. The number of aromatic nitrogens is 3. The predicted octanol–water partition coefficient (Wildman–Crippen LogP) is 1.66. The third kappa shape index (κ3) is 5.25. The van der Waals surface area contributed by atoms with Crippen LogP contribution >= 0.6 is 0 Å². The molecule has 0 aliphatic heterocycles. The van der Waals surface area contributed by atoms with Gasteiger partial charge < -0.3 is 15.6 Å². The second-order valence-corrected chi connectivity index (χ2v) is 4.98. The van der Waals surface area contributed by atoms with Crippen molar-refractivity contribution in [3.05, 3.63) is 30.4 Å². The zero-order valence-corrected chi connectivity index (χ0v) is 12.5. The van der Waals surface area contributed by atoms with Gasteiger partial charge >= 0.3 is 0 Å². The van der Waals surface area contributed by atoms with Crippen molar-refractivity contribution in [2.24, 2.45) is 5.73 Å². The summed E-state index contributed by atoms with van der Waals surface area (Å²) in [7, 11) is 0. The van der Waals surface area contributed by atoms with Crippen LogP contribution in [0.15, 0.2) is 29.0 Å². The number of nitrogens with one attached hydrogen (secondary N) is 1. The number of hydrogen-bond acceptors (Lipinski definition) is 6. The second-order valence-electron chi connectivity index (χ2n) is 4.98. The van der Waals surface area contributed by atoms with Gasteiger partial charge in [-0.05, 0) is 31.5 Å². The maximum atomic E-state index is 11.7. The highest BCUT2D eigenvalue weighted by Crippen LogP contribution is 2.13. The standard InChI is InChI=1S/C15H21N5O2/c16-8-4-2-1-3-5-13(21)18-11-14-19-15(20-22-14)12-6-9-17-10-7-12/h6-7,9-10H,1-5,8,11,16H2,(H,18,21). The van der Waals surface area contributed by atoms with E-state index >= 15 is 0 Å². The minimum Gasteiger partial charge on any atom is -0.347 e. The van der Waals surface area contributed by atoms with Crippen molar-refractivity contribution in [3.63, 3.8) is 0 Å². The molecule has 0 atom stereocenters. The molecule has 3 N–H and O–H groups in total. The molecule has 0 saturated heterocycles. The molecular weight excluding hydrogens is 282 g/mol. The van der Waals surface area contributed by atoms with E-state index in [1.165, 1.54) is 0 Å². The van der Waals surface area contributed by atoms with E-state index in [0.717, 1.165) is 31.2 Å². The SMILES string of the molecule is NCCCCCCC(=O)NCc1nc(-c2ccncc2)no1. The fraction of sp³-hybridized carbons (Fsp3) is 0.467. The first-order chi connectivity index (χ1) is 10.8. The molecule has 118 valence electrons. The minimum atomic E-state index is -0.00332. The van der Waals surface area contributed by atoms with E-state index in [0.29, 0.717) is 24.7 Å². The van der Waals surface area contributed by atoms with Crippen LogP contribution in [0.5, 0.6) is 0 Å². The van der Waals surface area contributed by atoms with Gasteiger partial charge in [0.2, 0.25) is 17.6 Å². The molecule has 0 aliphatic carbocycles. The molecule has 0 saturated carbocycles. The Morgan fingerprint density at radius 1 is 1.18 bits per heavy atom. The molecule has 0 aliphatic rings. The average Bonchev–Trinajstić information content (AvgIpc) is 3.02. The molecule has 1 amide bonds. The number of amides is 1. The first-order valence-corrected chi connectivity index (χ1v) is 7.49. The smallest absolute Gasteiger partial charge is 0.246 e. The molecule has 7 heteroatoms. The van der Waals surface area contributed by atoms with Crippen molar-refractivity contribution in [1.82, 2.24) is 20.4 Å². The van der Waals surface area contributed by atoms with Gasteiger partial charge in [-0.2, -0.15) is 4.98 Å². The van der Waals surface area contributed by atoms with E-state index in [4.69, 9.17) is 10.3 Å². The minimum absolute atomic E-state index is 0.00332. The quantitative estimate of drug-likeness (QED) is 0.682. The molecule has 0 radical (unpaired) electrons. The number of carbonyl (C=O) groups excluding carboxylic acids is 1. The molecule has 22 heavy (non-hydrogen) atoms. The van der Waals surface area contributed by atoms with Gasteiger partial charge in [-0.15, -0.1) is 0 Å². The first kappa shape index (κ1) is 16.1. The van der Waals surface area contributed by atoms with Crippen molar-refractivity contribution in [1.29, 1.82) is 0 Å². The van der Waals surface area contributed by atoms with E-state index in [1.54, 1.807) is 24.5 Å². The Balaban J connectivity index is 1.71. The monoisotopic (exact) mass is 303 g/mol. The van der Waals surface area contributed by atoms with E-state index in [9.17, 15) is 4.79 Å². The lowest BCUT2D eigenvalue weighted by molar-refractivity contribution is -0.121. The van der Waals surface area contributed by atoms with Gasteiger partial charge in [0.15, 0.2) is 0 Å². The van der Waals surface area contributed by atoms with E-state index in [2.05, 4.69) is 20.4 Å². The van der Waals surface area contributed by atoms with Crippen molar-refractivity contribution in [2.75, 3.05) is 6.54 Å². The summed E-state index contributed by atoms with van der Waals surface area (Å²) in [6.07, 6.45) is 7.82. The fourth-order valence-corrected chi connectivity index (χ4v) is 1.99. The Hall–Kier alpha value is -2.28. The number of nitrogens with zero attached hydrogens (tertiary/aromatic N) is 3. The van der Waals surface area contributed by atoms with E-state index in [-0.39, 0.29) is 12.5 Å². The summed E-state index contributed by atoms with van der Waals surface area (Å²) in [5.41, 5.74) is 6.25. The molecule has 2 heterocycles. The topological polar surface area (TPSA) is 107 Å². The van der Waals surface area contributed by atoms with Crippen molar-refractivity contribution >= 4 is 5.91 Å². The number of pyridine rings is 1. The van der Waals surface area contributed by atoms with Crippen LogP contribution in [0, 0.1) is 0 Å². The normalized spacial score (nSPS) is 10.6. The average molecular weight is 303 g/mol. The predicted molar refractivity (Wildman–Crippen MR) is 81.5 cm³/mol. The van der Waals surface area contributed by atoms with Gasteiger partial charge in [0.1, 0.15) is 0 Å². The summed E-state index contributed by atoms with van der Waals surface area (Å²) in [6, 6.07) is 3.60. The molecule has 2 rings (SSSR count). The summed E-state index contributed by atoms with van der Waals surface area (Å²) in [5.74, 6) is 0.883. The summed E-state index contributed by atoms with van der Waals surface area (Å²) in [5, 5.41) is 6.67. The van der Waals surface area contributed by atoms with Gasteiger partial charge in [0, 0.05) is 24.4 Å². The molecule has 0 bridgehead atoms. The molecule has 2 aromatic heterocycles. The Morgan fingerprint density at radius 2 is 1.95 bits per heavy atom. The van der Waals surface area contributed by atoms with Crippen molar-refractivity contribution in [2.45, 2.75) is 38.6 Å². The maximum absolute atomic E-state index is 11.7. The van der Waals surface area contributed by atoms with Gasteiger partial charge in [0.05, 0.1) is 6.54 Å². The number of carbonyl (C=O) groups is 1. The van der Waals surface area contributed by atoms with Gasteiger partial charge in [0.25, 0.3) is 0 Å². The number of hydrogen-bond donors (Lipinski definition) is 2. The summed E-state index contributed by atoms with van der Waals surface area (Å²) in [6.45, 7) is 0.961. The van der Waals surface area contributed by atoms with Gasteiger partial charge in [-0.3, -0.25) is 9.78 Å². The van der Waals surface area contributed by atoms with E-state index in [1.807, 2.05) is 0 Å². The van der Waals surface area contributed by atoms with Crippen LogP contribution in [0.1, 0.15) is 38.0 Å². The maximum Gasteiger partial charge on any atom is 0.246 e. The van der Waals surface area contributed by atoms with Crippen LogP contribution in [0.25, 0.3) is 11.4 Å². The molecule has 7 nitrogen and oxygen atoms in total. The molecule has 0 unspecified atom stereocenters. The molecule has 2 aromatic rings. The first-order valence-electron chi connectivity index (χ1n) is 7.49. The Morgan fingerprint density at radius 3 is 2.73 bits per heavy atom. The lowest BCUT2D eigenvalue weighted by Crippen LogP contribution is -2.22.